The smallest absolute Gasteiger partial charge is 0.243 e. The number of anilines is 3. The van der Waals surface area contributed by atoms with Crippen LogP contribution in [0.3, 0.4) is 0 Å². The van der Waals surface area contributed by atoms with E-state index in [4.69, 9.17) is 5.73 Å². The van der Waals surface area contributed by atoms with E-state index in [0.29, 0.717) is 17.9 Å². The molecular weight excluding hydrogens is 269 g/mol. The van der Waals surface area contributed by atoms with Gasteiger partial charge in [-0.15, -0.1) is 0 Å². The average molecular weight is 287 g/mol. The lowest BCUT2D eigenvalue weighted by Gasteiger charge is -2.22. The molecule has 0 bridgehead atoms. The fraction of sp³-hybridized carbons (Fsp3) is 0.188. The Morgan fingerprint density at radius 2 is 2.00 bits per heavy atom. The molecule has 0 aromatic heterocycles. The normalized spacial score (nSPS) is 10.2. The highest BCUT2D eigenvalue weighted by molar-refractivity contribution is 5.94. The van der Waals surface area contributed by atoms with E-state index in [1.807, 2.05) is 30.0 Å². The molecule has 5 heteroatoms. The van der Waals surface area contributed by atoms with Crippen LogP contribution in [-0.2, 0) is 4.79 Å². The van der Waals surface area contributed by atoms with Gasteiger partial charge < -0.3 is 16.0 Å². The molecule has 1 amide bonds. The van der Waals surface area contributed by atoms with Gasteiger partial charge in [-0.3, -0.25) is 4.79 Å². The number of amides is 1. The molecule has 0 atom stereocenters. The predicted octanol–water partition coefficient (Wildman–Crippen LogP) is 2.87. The first-order valence-corrected chi connectivity index (χ1v) is 6.74. The number of hydrogen-bond acceptors (Lipinski definition) is 3. The van der Waals surface area contributed by atoms with Crippen LogP contribution in [0.2, 0.25) is 0 Å². The molecule has 21 heavy (non-hydrogen) atoms. The molecule has 0 aliphatic heterocycles. The van der Waals surface area contributed by atoms with Gasteiger partial charge in [0.25, 0.3) is 0 Å². The van der Waals surface area contributed by atoms with Crippen molar-refractivity contribution in [1.82, 2.24) is 0 Å². The van der Waals surface area contributed by atoms with Gasteiger partial charge in [-0.1, -0.05) is 12.1 Å². The molecule has 0 fully saturated rings. The second kappa shape index (κ2) is 6.74. The Bertz CT molecular complexity index is 630. The second-order valence-electron chi connectivity index (χ2n) is 4.67. The maximum atomic E-state index is 13.1. The molecule has 3 N–H and O–H groups in total. The molecule has 0 unspecified atom stereocenters. The lowest BCUT2D eigenvalue weighted by atomic mass is 10.2. The van der Waals surface area contributed by atoms with Crippen molar-refractivity contribution < 1.29 is 9.18 Å². The van der Waals surface area contributed by atoms with Crippen LogP contribution in [0.5, 0.6) is 0 Å². The lowest BCUT2D eigenvalue weighted by molar-refractivity contribution is -0.115. The van der Waals surface area contributed by atoms with Gasteiger partial charge in [-0.2, -0.15) is 0 Å². The summed E-state index contributed by atoms with van der Waals surface area (Å²) in [6, 6.07) is 13.2. The van der Waals surface area contributed by atoms with Crippen molar-refractivity contribution in [2.24, 2.45) is 0 Å². The van der Waals surface area contributed by atoms with E-state index < -0.39 is 0 Å². The number of rotatable bonds is 5. The van der Waals surface area contributed by atoms with Crippen LogP contribution >= 0.6 is 0 Å². The van der Waals surface area contributed by atoms with Crippen molar-refractivity contribution in [3.05, 3.63) is 54.3 Å². The Hall–Kier alpha value is -2.56. The van der Waals surface area contributed by atoms with Gasteiger partial charge in [-0.05, 0) is 43.3 Å². The van der Waals surface area contributed by atoms with Crippen molar-refractivity contribution in [3.8, 4) is 0 Å². The summed E-state index contributed by atoms with van der Waals surface area (Å²) in [5.74, 6) is -0.583. The quantitative estimate of drug-likeness (QED) is 0.831. The topological polar surface area (TPSA) is 58.4 Å². The van der Waals surface area contributed by atoms with Crippen LogP contribution in [-0.4, -0.2) is 19.0 Å². The summed E-state index contributed by atoms with van der Waals surface area (Å²) in [7, 11) is 0. The molecule has 2 rings (SSSR count). The predicted molar refractivity (Wildman–Crippen MR) is 83.8 cm³/mol. The van der Waals surface area contributed by atoms with Gasteiger partial charge in [0.1, 0.15) is 5.82 Å². The summed E-state index contributed by atoms with van der Waals surface area (Å²) in [5, 5.41) is 2.68. The summed E-state index contributed by atoms with van der Waals surface area (Å²) < 4.78 is 13.1. The highest BCUT2D eigenvalue weighted by Crippen LogP contribution is 2.17. The van der Waals surface area contributed by atoms with E-state index in [2.05, 4.69) is 5.32 Å². The number of carbonyl (C=O) groups excluding carboxylic acids is 1. The number of likely N-dealkylation sites (N-methyl/N-ethyl adjacent to an activating group) is 1. The van der Waals surface area contributed by atoms with E-state index >= 15 is 0 Å². The number of nitrogens with two attached hydrogens (primary N) is 1. The average Bonchev–Trinajstić information content (AvgIpc) is 2.44. The molecule has 0 spiro atoms. The maximum absolute atomic E-state index is 13.1. The van der Waals surface area contributed by atoms with Gasteiger partial charge in [-0.25, -0.2) is 4.39 Å². The number of carbonyl (C=O) groups is 1. The first-order valence-electron chi connectivity index (χ1n) is 6.74. The van der Waals surface area contributed by atoms with Crippen molar-refractivity contribution in [2.45, 2.75) is 6.92 Å². The zero-order valence-electron chi connectivity index (χ0n) is 11.8. The highest BCUT2D eigenvalue weighted by atomic mass is 19.1. The zero-order valence-corrected chi connectivity index (χ0v) is 11.8. The second-order valence-corrected chi connectivity index (χ2v) is 4.67. The van der Waals surface area contributed by atoms with Crippen molar-refractivity contribution in [2.75, 3.05) is 29.0 Å². The standard InChI is InChI=1S/C16H18FN3O/c1-2-20(15-8-4-6-13(18)10-15)11-16(21)19-14-7-3-5-12(17)9-14/h3-10H,2,11,18H2,1H3,(H,19,21). The van der Waals surface area contributed by atoms with Crippen molar-refractivity contribution in [3.63, 3.8) is 0 Å². The van der Waals surface area contributed by atoms with Gasteiger partial charge in [0, 0.05) is 23.6 Å². The number of nitrogen functional groups attached to an aromatic ring is 1. The van der Waals surface area contributed by atoms with E-state index in [1.165, 1.54) is 12.1 Å². The van der Waals surface area contributed by atoms with Crippen LogP contribution < -0.4 is 16.0 Å². The van der Waals surface area contributed by atoms with Crippen LogP contribution in [0.25, 0.3) is 0 Å². The minimum atomic E-state index is -0.379. The lowest BCUT2D eigenvalue weighted by Crippen LogP contribution is -2.33. The molecule has 0 saturated carbocycles. The molecule has 110 valence electrons. The minimum Gasteiger partial charge on any atom is -0.399 e. The molecule has 0 heterocycles. The highest BCUT2D eigenvalue weighted by Gasteiger charge is 2.10. The Morgan fingerprint density at radius 3 is 2.67 bits per heavy atom. The SMILES string of the molecule is CCN(CC(=O)Nc1cccc(F)c1)c1cccc(N)c1. The third-order valence-corrected chi connectivity index (χ3v) is 3.06. The Balaban J connectivity index is 2.03. The number of benzene rings is 2. The van der Waals surface area contributed by atoms with Gasteiger partial charge in [0.2, 0.25) is 5.91 Å². The summed E-state index contributed by atoms with van der Waals surface area (Å²) in [6.45, 7) is 2.80. The summed E-state index contributed by atoms with van der Waals surface area (Å²) in [5.41, 5.74) is 7.73. The Morgan fingerprint density at radius 1 is 1.24 bits per heavy atom. The van der Waals surface area contributed by atoms with E-state index in [-0.39, 0.29) is 18.3 Å². The van der Waals surface area contributed by atoms with Gasteiger partial charge >= 0.3 is 0 Å². The number of halogens is 1. The molecule has 4 nitrogen and oxygen atoms in total. The van der Waals surface area contributed by atoms with E-state index in [9.17, 15) is 9.18 Å². The van der Waals surface area contributed by atoms with Crippen LogP contribution in [0.15, 0.2) is 48.5 Å². The first kappa shape index (κ1) is 14.8. The van der Waals surface area contributed by atoms with E-state index in [0.717, 1.165) is 5.69 Å². The molecule has 0 saturated heterocycles. The summed E-state index contributed by atoms with van der Waals surface area (Å²) >= 11 is 0. The zero-order chi connectivity index (χ0) is 15.2. The van der Waals surface area contributed by atoms with Crippen LogP contribution in [0.1, 0.15) is 6.92 Å². The molecule has 2 aromatic carbocycles. The number of hydrogen-bond donors (Lipinski definition) is 2. The molecule has 0 aliphatic rings. The molecule has 0 radical (unpaired) electrons. The minimum absolute atomic E-state index is 0.177. The Labute approximate surface area is 123 Å². The van der Waals surface area contributed by atoms with Crippen molar-refractivity contribution >= 4 is 23.0 Å². The monoisotopic (exact) mass is 287 g/mol. The third-order valence-electron chi connectivity index (χ3n) is 3.06. The largest absolute Gasteiger partial charge is 0.399 e. The van der Waals surface area contributed by atoms with Crippen molar-refractivity contribution in [1.29, 1.82) is 0 Å². The number of nitrogens with one attached hydrogen (secondary N) is 1. The van der Waals surface area contributed by atoms with E-state index in [1.54, 1.807) is 18.2 Å². The number of nitrogens with zero attached hydrogens (tertiary/aromatic N) is 1. The fourth-order valence-electron chi connectivity index (χ4n) is 2.05. The summed E-state index contributed by atoms with van der Waals surface area (Å²) in [4.78, 5) is 13.9. The van der Waals surface area contributed by atoms with Crippen LogP contribution in [0.4, 0.5) is 21.5 Å². The first-order chi connectivity index (χ1) is 10.1. The fourth-order valence-corrected chi connectivity index (χ4v) is 2.05. The third kappa shape index (κ3) is 4.21. The van der Waals surface area contributed by atoms with Gasteiger partial charge in [0.05, 0.1) is 6.54 Å². The molecular formula is C16H18FN3O. The maximum Gasteiger partial charge on any atom is 0.243 e. The Kier molecular flexibility index (Phi) is 4.77. The summed E-state index contributed by atoms with van der Waals surface area (Å²) in [6.07, 6.45) is 0. The van der Waals surface area contributed by atoms with Gasteiger partial charge in [0.15, 0.2) is 0 Å². The van der Waals surface area contributed by atoms with Crippen LogP contribution in [0, 0.1) is 5.82 Å². The molecule has 2 aromatic rings. The molecule has 0 aliphatic carbocycles.